The number of carboxylic acids is 1. The second-order valence-electron chi connectivity index (χ2n) is 13.0. The summed E-state index contributed by atoms with van der Waals surface area (Å²) in [5, 5.41) is 20.1. The summed E-state index contributed by atoms with van der Waals surface area (Å²) in [7, 11) is 0. The summed E-state index contributed by atoms with van der Waals surface area (Å²) in [6.07, 6.45) is 22.1. The van der Waals surface area contributed by atoms with Gasteiger partial charge in [0.15, 0.2) is 12.6 Å². The minimum absolute atomic E-state index is 0.0108. The van der Waals surface area contributed by atoms with E-state index in [1.54, 1.807) is 0 Å². The molecule has 40 heavy (non-hydrogen) atoms. The molecule has 2 N–H and O–H groups in total. The SMILES string of the molecule is C[C@@H](CCCC1CC1)[C@@H](/C=C/[C@@H]1[C@@H](CCCCCCC(=O)O)[C@@H](O)C[C@H]1OC1CCCCO1)OC1CCCCO1. The van der Waals surface area contributed by atoms with Crippen LogP contribution in [0.5, 0.6) is 0 Å². The Morgan fingerprint density at radius 1 is 0.925 bits per heavy atom. The van der Waals surface area contributed by atoms with Crippen molar-refractivity contribution < 1.29 is 34.0 Å². The molecule has 2 unspecified atom stereocenters. The zero-order valence-corrected chi connectivity index (χ0v) is 24.9. The molecule has 230 valence electrons. The van der Waals surface area contributed by atoms with Gasteiger partial charge in [-0.05, 0) is 75.5 Å². The molecule has 2 aliphatic heterocycles. The van der Waals surface area contributed by atoms with Gasteiger partial charge in [-0.25, -0.2) is 0 Å². The standard InChI is InChI=1S/C33H56O7/c1-24(11-10-12-25-17-18-25)29(39-32-15-6-8-21-37-32)20-19-27-26(13-4-2-3-5-14-31(35)36)28(34)23-30(27)40-33-16-7-9-22-38-33/h19-20,24-30,32-34H,2-18,21-23H2,1H3,(H,35,36)/b20-19+/t24-,26+,27+,28-,29+,30+,32?,33?/m0/s1. The normalized spacial score (nSPS) is 32.9. The van der Waals surface area contributed by atoms with Crippen molar-refractivity contribution in [2.45, 2.75) is 153 Å². The van der Waals surface area contributed by atoms with E-state index in [0.717, 1.165) is 96.2 Å². The summed E-state index contributed by atoms with van der Waals surface area (Å²) in [5.74, 6) is 0.866. The highest BCUT2D eigenvalue weighted by Crippen LogP contribution is 2.41. The minimum atomic E-state index is -0.724. The molecule has 0 aromatic carbocycles. The van der Waals surface area contributed by atoms with Crippen LogP contribution in [0.3, 0.4) is 0 Å². The number of hydrogen-bond donors (Lipinski definition) is 2. The molecule has 7 heteroatoms. The molecule has 0 radical (unpaired) electrons. The van der Waals surface area contributed by atoms with Crippen molar-refractivity contribution in [1.29, 1.82) is 0 Å². The number of unbranched alkanes of at least 4 members (excludes halogenated alkanes) is 3. The van der Waals surface area contributed by atoms with Gasteiger partial charge in [-0.2, -0.15) is 0 Å². The third-order valence-corrected chi connectivity index (χ3v) is 9.53. The van der Waals surface area contributed by atoms with Gasteiger partial charge < -0.3 is 29.2 Å². The number of rotatable bonds is 18. The summed E-state index contributed by atoms with van der Waals surface area (Å²) in [6.45, 7) is 3.83. The van der Waals surface area contributed by atoms with Crippen LogP contribution in [-0.2, 0) is 23.7 Å². The maximum absolute atomic E-state index is 11.2. The fourth-order valence-corrected chi connectivity index (χ4v) is 6.82. The van der Waals surface area contributed by atoms with E-state index < -0.39 is 12.1 Å². The van der Waals surface area contributed by atoms with Crippen LogP contribution < -0.4 is 0 Å². The molecule has 0 spiro atoms. The molecular weight excluding hydrogens is 508 g/mol. The Bertz CT molecular complexity index is 741. The number of hydrogen-bond acceptors (Lipinski definition) is 6. The van der Waals surface area contributed by atoms with Crippen LogP contribution in [-0.4, -0.2) is 60.3 Å². The van der Waals surface area contributed by atoms with Gasteiger partial charge in [0.2, 0.25) is 0 Å². The van der Waals surface area contributed by atoms with Gasteiger partial charge in [0.25, 0.3) is 0 Å². The summed E-state index contributed by atoms with van der Waals surface area (Å²) < 4.78 is 25.0. The summed E-state index contributed by atoms with van der Waals surface area (Å²) in [6, 6.07) is 0. The Morgan fingerprint density at radius 3 is 2.33 bits per heavy atom. The second-order valence-corrected chi connectivity index (χ2v) is 13.0. The smallest absolute Gasteiger partial charge is 0.303 e. The van der Waals surface area contributed by atoms with Gasteiger partial charge in [0.05, 0.1) is 18.3 Å². The molecule has 2 saturated carbocycles. The first-order valence-corrected chi connectivity index (χ1v) is 16.6. The Morgan fingerprint density at radius 2 is 1.65 bits per heavy atom. The Kier molecular flexibility index (Phi) is 13.7. The van der Waals surface area contributed by atoms with Crippen LogP contribution in [0.15, 0.2) is 12.2 Å². The lowest BCUT2D eigenvalue weighted by molar-refractivity contribution is -0.193. The third-order valence-electron chi connectivity index (χ3n) is 9.53. The zero-order chi connectivity index (χ0) is 28.2. The maximum atomic E-state index is 11.2. The summed E-state index contributed by atoms with van der Waals surface area (Å²) in [4.78, 5) is 10.8. The van der Waals surface area contributed by atoms with Crippen molar-refractivity contribution >= 4 is 5.97 Å². The molecule has 0 aromatic heterocycles. The Hall–Kier alpha value is -0.990. The highest BCUT2D eigenvalue weighted by atomic mass is 16.7. The predicted octanol–water partition coefficient (Wildman–Crippen LogP) is 7.00. The number of carboxylic acid groups (broad SMARTS) is 1. The molecular formula is C33H56O7. The number of aliphatic hydroxyl groups is 1. The van der Waals surface area contributed by atoms with Gasteiger partial charge >= 0.3 is 5.97 Å². The van der Waals surface area contributed by atoms with Crippen LogP contribution in [0, 0.1) is 23.7 Å². The highest BCUT2D eigenvalue weighted by molar-refractivity contribution is 5.66. The lowest BCUT2D eigenvalue weighted by Crippen LogP contribution is -2.32. The lowest BCUT2D eigenvalue weighted by Gasteiger charge is -2.31. The van der Waals surface area contributed by atoms with Crippen LogP contribution in [0.4, 0.5) is 0 Å². The average Bonchev–Trinajstić information content (AvgIpc) is 3.73. The first-order chi connectivity index (χ1) is 19.5. The monoisotopic (exact) mass is 564 g/mol. The van der Waals surface area contributed by atoms with Crippen molar-refractivity contribution in [3.8, 4) is 0 Å². The van der Waals surface area contributed by atoms with E-state index in [4.69, 9.17) is 24.1 Å². The Labute approximate surface area is 242 Å². The molecule has 4 aliphatic rings. The quantitative estimate of drug-likeness (QED) is 0.137. The van der Waals surface area contributed by atoms with E-state index in [2.05, 4.69) is 19.1 Å². The van der Waals surface area contributed by atoms with Crippen LogP contribution >= 0.6 is 0 Å². The third kappa shape index (κ3) is 11.0. The molecule has 2 aliphatic carbocycles. The fourth-order valence-electron chi connectivity index (χ4n) is 6.82. The molecule has 7 nitrogen and oxygen atoms in total. The molecule has 0 amide bonds. The maximum Gasteiger partial charge on any atom is 0.303 e. The molecule has 2 saturated heterocycles. The predicted molar refractivity (Wildman–Crippen MR) is 155 cm³/mol. The van der Waals surface area contributed by atoms with Crippen LogP contribution in [0.1, 0.15) is 122 Å². The van der Waals surface area contributed by atoms with Crippen molar-refractivity contribution in [3.05, 3.63) is 12.2 Å². The van der Waals surface area contributed by atoms with E-state index >= 15 is 0 Å². The molecule has 0 bridgehead atoms. The first kappa shape index (κ1) is 31.9. The second kappa shape index (κ2) is 17.2. The van der Waals surface area contributed by atoms with E-state index in [1.807, 2.05) is 0 Å². The van der Waals surface area contributed by atoms with E-state index in [9.17, 15) is 9.90 Å². The number of ether oxygens (including phenoxy) is 4. The molecule has 8 atom stereocenters. The lowest BCUT2D eigenvalue weighted by atomic mass is 9.87. The Balaban J connectivity index is 1.40. The fraction of sp³-hybridized carbons (Fsp3) is 0.909. The molecule has 0 aromatic rings. The molecule has 2 heterocycles. The van der Waals surface area contributed by atoms with Crippen LogP contribution in [0.25, 0.3) is 0 Å². The number of carbonyl (C=O) groups is 1. The minimum Gasteiger partial charge on any atom is -0.481 e. The number of aliphatic carboxylic acids is 1. The largest absolute Gasteiger partial charge is 0.481 e. The van der Waals surface area contributed by atoms with Gasteiger partial charge in [-0.15, -0.1) is 0 Å². The van der Waals surface area contributed by atoms with Gasteiger partial charge in [0, 0.05) is 32.0 Å². The van der Waals surface area contributed by atoms with Crippen molar-refractivity contribution in [2.75, 3.05) is 13.2 Å². The van der Waals surface area contributed by atoms with E-state index in [1.165, 1.54) is 25.7 Å². The van der Waals surface area contributed by atoms with Gasteiger partial charge in [-0.3, -0.25) is 4.79 Å². The first-order valence-electron chi connectivity index (χ1n) is 16.6. The van der Waals surface area contributed by atoms with Gasteiger partial charge in [-0.1, -0.05) is 64.0 Å². The molecule has 4 fully saturated rings. The van der Waals surface area contributed by atoms with Gasteiger partial charge in [0.1, 0.15) is 0 Å². The van der Waals surface area contributed by atoms with Crippen molar-refractivity contribution in [2.24, 2.45) is 23.7 Å². The van der Waals surface area contributed by atoms with E-state index in [-0.39, 0.29) is 43.0 Å². The van der Waals surface area contributed by atoms with Crippen LogP contribution in [0.2, 0.25) is 0 Å². The highest BCUT2D eigenvalue weighted by Gasteiger charge is 2.43. The van der Waals surface area contributed by atoms with Crippen molar-refractivity contribution in [1.82, 2.24) is 0 Å². The van der Waals surface area contributed by atoms with E-state index in [0.29, 0.717) is 12.3 Å². The summed E-state index contributed by atoms with van der Waals surface area (Å²) in [5.41, 5.74) is 0. The van der Waals surface area contributed by atoms with Crippen molar-refractivity contribution in [3.63, 3.8) is 0 Å². The topological polar surface area (TPSA) is 94.5 Å². The molecule has 4 rings (SSSR count). The number of aliphatic hydroxyl groups excluding tert-OH is 1. The summed E-state index contributed by atoms with van der Waals surface area (Å²) >= 11 is 0. The zero-order valence-electron chi connectivity index (χ0n) is 24.9. The average molecular weight is 565 g/mol.